The minimum Gasteiger partial charge on any atom is -0.103 e. The van der Waals surface area contributed by atoms with E-state index < -0.39 is 0 Å². The molecule has 0 aromatic carbocycles. The fourth-order valence-corrected chi connectivity index (χ4v) is 1.21. The van der Waals surface area contributed by atoms with Gasteiger partial charge in [0.25, 0.3) is 0 Å². The number of allylic oxidation sites excluding steroid dienone is 5. The van der Waals surface area contributed by atoms with Crippen LogP contribution in [0.5, 0.6) is 0 Å². The van der Waals surface area contributed by atoms with Gasteiger partial charge in [-0.1, -0.05) is 29.9 Å². The van der Waals surface area contributed by atoms with Gasteiger partial charge >= 0.3 is 0 Å². The zero-order chi connectivity index (χ0) is 7.40. The lowest BCUT2D eigenvalue weighted by Crippen LogP contribution is -1.86. The molecular weight excluding hydrogens is 120 g/mol. The van der Waals surface area contributed by atoms with Crippen molar-refractivity contribution in [1.29, 1.82) is 0 Å². The molecule has 10 heavy (non-hydrogen) atoms. The third kappa shape index (κ3) is 1.87. The van der Waals surface area contributed by atoms with Crippen molar-refractivity contribution in [3.05, 3.63) is 36.5 Å². The van der Waals surface area contributed by atoms with E-state index in [1.54, 1.807) is 0 Å². The molecule has 1 aliphatic carbocycles. The fourth-order valence-electron chi connectivity index (χ4n) is 1.21. The van der Waals surface area contributed by atoms with E-state index in [9.17, 15) is 0 Å². The Kier molecular flexibility index (Phi) is 2.49. The molecular formula is C10H14. The SMILES string of the molecule is C=CCCC1C=CC(C)=C1. The van der Waals surface area contributed by atoms with E-state index in [1.165, 1.54) is 12.0 Å². The van der Waals surface area contributed by atoms with Crippen LogP contribution in [-0.2, 0) is 0 Å². The molecule has 54 valence electrons. The summed E-state index contributed by atoms with van der Waals surface area (Å²) in [4.78, 5) is 0. The highest BCUT2D eigenvalue weighted by atomic mass is 14.1. The molecule has 0 aromatic rings. The lowest BCUT2D eigenvalue weighted by Gasteiger charge is -1.99. The van der Waals surface area contributed by atoms with Gasteiger partial charge in [-0.15, -0.1) is 6.58 Å². The average molecular weight is 134 g/mol. The molecule has 0 fully saturated rings. The molecule has 1 atom stereocenters. The Labute approximate surface area is 62.9 Å². The molecule has 0 aliphatic heterocycles. The second kappa shape index (κ2) is 3.40. The van der Waals surface area contributed by atoms with Crippen LogP contribution in [0.2, 0.25) is 0 Å². The highest BCUT2D eigenvalue weighted by molar-refractivity contribution is 5.26. The Bertz CT molecular complexity index is 172. The van der Waals surface area contributed by atoms with E-state index >= 15 is 0 Å². The van der Waals surface area contributed by atoms with Crippen molar-refractivity contribution in [3.63, 3.8) is 0 Å². The highest BCUT2D eigenvalue weighted by Crippen LogP contribution is 2.19. The first-order valence-electron chi connectivity index (χ1n) is 3.80. The molecule has 0 N–H and O–H groups in total. The summed E-state index contributed by atoms with van der Waals surface area (Å²) in [5, 5.41) is 0. The summed E-state index contributed by atoms with van der Waals surface area (Å²) in [5.74, 6) is 0.679. The summed E-state index contributed by atoms with van der Waals surface area (Å²) in [5.41, 5.74) is 1.40. The molecule has 1 unspecified atom stereocenters. The third-order valence-corrected chi connectivity index (χ3v) is 1.79. The van der Waals surface area contributed by atoms with Crippen molar-refractivity contribution in [2.24, 2.45) is 5.92 Å². The van der Waals surface area contributed by atoms with Gasteiger partial charge in [0.05, 0.1) is 0 Å². The van der Waals surface area contributed by atoms with Gasteiger partial charge in [0.2, 0.25) is 0 Å². The molecule has 0 saturated heterocycles. The maximum Gasteiger partial charge on any atom is -0.00416 e. The lowest BCUT2D eigenvalue weighted by molar-refractivity contribution is 0.729. The summed E-state index contributed by atoms with van der Waals surface area (Å²) in [6.45, 7) is 5.84. The van der Waals surface area contributed by atoms with E-state index in [0.717, 1.165) is 6.42 Å². The van der Waals surface area contributed by atoms with E-state index in [0.29, 0.717) is 5.92 Å². The van der Waals surface area contributed by atoms with Crippen molar-refractivity contribution in [3.8, 4) is 0 Å². The predicted molar refractivity (Wildman–Crippen MR) is 45.8 cm³/mol. The van der Waals surface area contributed by atoms with Gasteiger partial charge in [0, 0.05) is 0 Å². The van der Waals surface area contributed by atoms with Gasteiger partial charge in [-0.05, 0) is 25.7 Å². The maximum atomic E-state index is 3.70. The molecule has 0 heterocycles. The van der Waals surface area contributed by atoms with Crippen molar-refractivity contribution >= 4 is 0 Å². The Morgan fingerprint density at radius 2 is 2.50 bits per heavy atom. The number of rotatable bonds is 3. The van der Waals surface area contributed by atoms with Crippen molar-refractivity contribution in [1.82, 2.24) is 0 Å². The molecule has 0 nitrogen and oxygen atoms in total. The van der Waals surface area contributed by atoms with Crippen LogP contribution in [0.15, 0.2) is 36.5 Å². The molecule has 1 aliphatic rings. The van der Waals surface area contributed by atoms with Gasteiger partial charge in [-0.25, -0.2) is 0 Å². The summed E-state index contributed by atoms with van der Waals surface area (Å²) in [7, 11) is 0. The zero-order valence-electron chi connectivity index (χ0n) is 6.51. The first-order valence-corrected chi connectivity index (χ1v) is 3.80. The molecule has 0 amide bonds. The van der Waals surface area contributed by atoms with Crippen molar-refractivity contribution in [2.75, 3.05) is 0 Å². The van der Waals surface area contributed by atoms with Gasteiger partial charge in [-0.3, -0.25) is 0 Å². The Balaban J connectivity index is 2.32. The van der Waals surface area contributed by atoms with Crippen LogP contribution in [0.1, 0.15) is 19.8 Å². The average Bonchev–Trinajstić information content (AvgIpc) is 2.31. The summed E-state index contributed by atoms with van der Waals surface area (Å²) in [6.07, 6.45) is 11.1. The fraction of sp³-hybridized carbons (Fsp3) is 0.400. The van der Waals surface area contributed by atoms with E-state index in [-0.39, 0.29) is 0 Å². The van der Waals surface area contributed by atoms with Crippen LogP contribution >= 0.6 is 0 Å². The van der Waals surface area contributed by atoms with Crippen LogP contribution in [-0.4, -0.2) is 0 Å². The van der Waals surface area contributed by atoms with Gasteiger partial charge in [0.15, 0.2) is 0 Å². The number of hydrogen-bond donors (Lipinski definition) is 0. The van der Waals surface area contributed by atoms with Gasteiger partial charge < -0.3 is 0 Å². The molecule has 0 radical (unpaired) electrons. The second-order valence-corrected chi connectivity index (χ2v) is 2.80. The van der Waals surface area contributed by atoms with Crippen LogP contribution in [0.3, 0.4) is 0 Å². The van der Waals surface area contributed by atoms with Crippen molar-refractivity contribution < 1.29 is 0 Å². The third-order valence-electron chi connectivity index (χ3n) is 1.79. The molecule has 0 bridgehead atoms. The van der Waals surface area contributed by atoms with Crippen LogP contribution in [0, 0.1) is 5.92 Å². The monoisotopic (exact) mass is 134 g/mol. The zero-order valence-corrected chi connectivity index (χ0v) is 6.51. The minimum absolute atomic E-state index is 0.679. The lowest BCUT2D eigenvalue weighted by atomic mass is 10.1. The van der Waals surface area contributed by atoms with E-state index in [2.05, 4.69) is 31.7 Å². The minimum atomic E-state index is 0.679. The van der Waals surface area contributed by atoms with Crippen molar-refractivity contribution in [2.45, 2.75) is 19.8 Å². The predicted octanol–water partition coefficient (Wildman–Crippen LogP) is 3.08. The molecule has 0 saturated carbocycles. The van der Waals surface area contributed by atoms with Crippen LogP contribution in [0.25, 0.3) is 0 Å². The molecule has 0 heteroatoms. The summed E-state index contributed by atoms with van der Waals surface area (Å²) >= 11 is 0. The topological polar surface area (TPSA) is 0 Å². The Hall–Kier alpha value is -0.780. The standard InChI is InChI=1S/C10H14/c1-3-4-5-10-7-6-9(2)8-10/h3,6-8,10H,1,4-5H2,2H3. The van der Waals surface area contributed by atoms with Gasteiger partial charge in [-0.2, -0.15) is 0 Å². The van der Waals surface area contributed by atoms with E-state index in [1.807, 2.05) is 6.08 Å². The van der Waals surface area contributed by atoms with Gasteiger partial charge in [0.1, 0.15) is 0 Å². The Morgan fingerprint density at radius 1 is 1.70 bits per heavy atom. The molecule has 1 rings (SSSR count). The van der Waals surface area contributed by atoms with Crippen LogP contribution in [0.4, 0.5) is 0 Å². The summed E-state index contributed by atoms with van der Waals surface area (Å²) in [6, 6.07) is 0. The smallest absolute Gasteiger partial charge is 0.00416 e. The highest BCUT2D eigenvalue weighted by Gasteiger charge is 2.04. The van der Waals surface area contributed by atoms with Crippen LogP contribution < -0.4 is 0 Å². The largest absolute Gasteiger partial charge is 0.103 e. The summed E-state index contributed by atoms with van der Waals surface area (Å²) < 4.78 is 0. The first kappa shape index (κ1) is 7.33. The van der Waals surface area contributed by atoms with E-state index in [4.69, 9.17) is 0 Å². The number of hydrogen-bond acceptors (Lipinski definition) is 0. The Morgan fingerprint density at radius 3 is 3.00 bits per heavy atom. The second-order valence-electron chi connectivity index (χ2n) is 2.80. The molecule has 0 spiro atoms. The first-order chi connectivity index (χ1) is 4.83. The maximum absolute atomic E-state index is 3.70. The quantitative estimate of drug-likeness (QED) is 0.520. The normalized spacial score (nSPS) is 22.9. The molecule has 0 aromatic heterocycles.